The second kappa shape index (κ2) is 16.4. The van der Waals surface area contributed by atoms with Crippen LogP contribution in [-0.2, 0) is 21.3 Å². The van der Waals surface area contributed by atoms with Crippen LogP contribution in [0, 0.1) is 6.92 Å². The number of amides is 2. The SMILES string of the molecule is Cc1cc(Cl)ccc1-c1ccc(NC(=O)[C@H](Cc2ccc(C(=O)NCCS(=O)(=O)O)cc2)c2ccc(-c3ccc(/C(=N/O)C(F)(F)F)cc3)cc2)cc1. The van der Waals surface area contributed by atoms with Crippen LogP contribution in [-0.4, -0.2) is 54.2 Å². The third kappa shape index (κ3) is 10.3. The molecule has 0 aliphatic heterocycles. The molecular formula is C39H33ClF3N3O6S. The van der Waals surface area contributed by atoms with Gasteiger partial charge in [-0.05, 0) is 88.7 Å². The quantitative estimate of drug-likeness (QED) is 0.0436. The lowest BCUT2D eigenvalue weighted by Gasteiger charge is -2.19. The smallest absolute Gasteiger partial charge is 0.410 e. The largest absolute Gasteiger partial charge is 0.437 e. The van der Waals surface area contributed by atoms with Gasteiger partial charge in [0.1, 0.15) is 0 Å². The van der Waals surface area contributed by atoms with Gasteiger partial charge in [-0.15, -0.1) is 0 Å². The maximum Gasteiger partial charge on any atom is 0.437 e. The summed E-state index contributed by atoms with van der Waals surface area (Å²) >= 11 is 6.12. The molecule has 0 heterocycles. The fourth-order valence-electron chi connectivity index (χ4n) is 5.71. The van der Waals surface area contributed by atoms with Gasteiger partial charge in [-0.25, -0.2) is 0 Å². The van der Waals surface area contributed by atoms with Crippen molar-refractivity contribution in [3.63, 3.8) is 0 Å². The fraction of sp³-hybridized carbons (Fsp3) is 0.154. The lowest BCUT2D eigenvalue weighted by atomic mass is 9.89. The first-order valence-electron chi connectivity index (χ1n) is 16.1. The molecule has 0 spiro atoms. The standard InChI is InChI=1S/C39H33ClF3N3O6S/c1-24-22-32(40)16-19-34(24)28-14-17-33(18-15-28)45-38(48)35(23-25-2-4-31(5-3-25)37(47)44-20-21-53(50,51)52)29-10-6-26(7-11-29)27-8-12-30(13-9-27)36(46-49)39(41,42)43/h2-19,22,35,49H,20-21,23H2,1H3,(H,44,47)(H,45,48)(H,50,51,52)/b46-36-/t35-/m1/s1. The lowest BCUT2D eigenvalue weighted by molar-refractivity contribution is -0.117. The summed E-state index contributed by atoms with van der Waals surface area (Å²) in [6.07, 6.45) is -4.60. The monoisotopic (exact) mass is 763 g/mol. The van der Waals surface area contributed by atoms with Crippen molar-refractivity contribution in [2.75, 3.05) is 17.6 Å². The van der Waals surface area contributed by atoms with Crippen LogP contribution in [0.2, 0.25) is 5.02 Å². The van der Waals surface area contributed by atoms with Crippen molar-refractivity contribution in [2.24, 2.45) is 5.16 Å². The van der Waals surface area contributed by atoms with E-state index in [1.54, 1.807) is 60.7 Å². The maximum atomic E-state index is 13.9. The number of hydrogen-bond acceptors (Lipinski definition) is 6. The molecule has 2 amide bonds. The molecule has 9 nitrogen and oxygen atoms in total. The second-order valence-corrected chi connectivity index (χ2v) is 14.2. The Kier molecular flexibility index (Phi) is 12.0. The van der Waals surface area contributed by atoms with Crippen LogP contribution >= 0.6 is 11.6 Å². The van der Waals surface area contributed by atoms with Gasteiger partial charge in [0.25, 0.3) is 16.0 Å². The number of benzene rings is 5. The number of nitrogens with one attached hydrogen (secondary N) is 2. The molecular weight excluding hydrogens is 731 g/mol. The Morgan fingerprint density at radius 1 is 0.811 bits per heavy atom. The molecule has 0 fully saturated rings. The van der Waals surface area contributed by atoms with E-state index >= 15 is 0 Å². The predicted octanol–water partition coefficient (Wildman–Crippen LogP) is 8.31. The van der Waals surface area contributed by atoms with Crippen LogP contribution in [0.4, 0.5) is 18.9 Å². The molecule has 1 atom stereocenters. The van der Waals surface area contributed by atoms with Crippen LogP contribution in [0.15, 0.2) is 120 Å². The Balaban J connectivity index is 1.38. The second-order valence-electron chi connectivity index (χ2n) is 12.2. The number of nitrogens with zero attached hydrogens (tertiary/aromatic N) is 1. The number of carbonyl (C=O) groups is 2. The van der Waals surface area contributed by atoms with E-state index in [1.807, 2.05) is 37.3 Å². The van der Waals surface area contributed by atoms with E-state index < -0.39 is 39.6 Å². The average Bonchev–Trinajstić information content (AvgIpc) is 3.11. The summed E-state index contributed by atoms with van der Waals surface area (Å²) < 4.78 is 70.4. The highest BCUT2D eigenvalue weighted by Crippen LogP contribution is 2.30. The highest BCUT2D eigenvalue weighted by atomic mass is 35.5. The number of alkyl halides is 3. The van der Waals surface area contributed by atoms with Crippen LogP contribution in [0.5, 0.6) is 0 Å². The molecule has 5 aromatic rings. The molecule has 0 saturated heterocycles. The highest BCUT2D eigenvalue weighted by Gasteiger charge is 2.37. The molecule has 5 rings (SSSR count). The van der Waals surface area contributed by atoms with Gasteiger partial charge in [-0.1, -0.05) is 95.6 Å². The van der Waals surface area contributed by atoms with Gasteiger partial charge in [-0.2, -0.15) is 21.6 Å². The molecule has 53 heavy (non-hydrogen) atoms. The first-order chi connectivity index (χ1) is 25.1. The number of oxime groups is 1. The number of halogens is 4. The van der Waals surface area contributed by atoms with Crippen LogP contribution in [0.25, 0.3) is 22.3 Å². The van der Waals surface area contributed by atoms with Crippen molar-refractivity contribution in [3.05, 3.63) is 148 Å². The maximum absolute atomic E-state index is 13.9. The normalized spacial score (nSPS) is 12.6. The molecule has 0 radical (unpaired) electrons. The first kappa shape index (κ1) is 38.7. The third-order valence-corrected chi connectivity index (χ3v) is 9.40. The van der Waals surface area contributed by atoms with E-state index in [-0.39, 0.29) is 30.0 Å². The Bertz CT molecular complexity index is 2230. The van der Waals surface area contributed by atoms with Gasteiger partial charge in [-0.3, -0.25) is 14.1 Å². The Morgan fingerprint density at radius 3 is 1.92 bits per heavy atom. The van der Waals surface area contributed by atoms with Gasteiger partial charge >= 0.3 is 6.18 Å². The number of hydrogen-bond donors (Lipinski definition) is 4. The minimum atomic E-state index is -4.83. The van der Waals surface area contributed by atoms with Crippen LogP contribution < -0.4 is 10.6 Å². The molecule has 14 heteroatoms. The molecule has 0 aromatic heterocycles. The zero-order valence-electron chi connectivity index (χ0n) is 28.1. The van der Waals surface area contributed by atoms with Crippen molar-refractivity contribution < 1.29 is 40.9 Å². The van der Waals surface area contributed by atoms with E-state index in [0.717, 1.165) is 22.3 Å². The van der Waals surface area contributed by atoms with E-state index in [1.165, 1.54) is 24.3 Å². The molecule has 4 N–H and O–H groups in total. The van der Waals surface area contributed by atoms with Crippen molar-refractivity contribution in [3.8, 4) is 22.3 Å². The van der Waals surface area contributed by atoms with E-state index in [0.29, 0.717) is 27.4 Å². The van der Waals surface area contributed by atoms with Gasteiger partial charge in [0.05, 0.1) is 11.7 Å². The predicted molar refractivity (Wildman–Crippen MR) is 198 cm³/mol. The Hall–Kier alpha value is -5.50. The molecule has 0 aliphatic rings. The van der Waals surface area contributed by atoms with Crippen molar-refractivity contribution in [1.29, 1.82) is 0 Å². The van der Waals surface area contributed by atoms with Gasteiger partial charge in [0, 0.05) is 28.4 Å². The summed E-state index contributed by atoms with van der Waals surface area (Å²) in [5.74, 6) is -2.19. The van der Waals surface area contributed by atoms with Crippen LogP contribution in [0.3, 0.4) is 0 Å². The van der Waals surface area contributed by atoms with E-state index in [2.05, 4.69) is 15.8 Å². The van der Waals surface area contributed by atoms with Gasteiger partial charge in [0.15, 0.2) is 5.71 Å². The third-order valence-electron chi connectivity index (χ3n) is 8.44. The molecule has 0 bridgehead atoms. The number of anilines is 1. The molecule has 274 valence electrons. The molecule has 0 saturated carbocycles. The zero-order valence-corrected chi connectivity index (χ0v) is 29.6. The topological polar surface area (TPSA) is 145 Å². The van der Waals surface area contributed by atoms with Crippen LogP contribution in [0.1, 0.15) is 38.5 Å². The summed E-state index contributed by atoms with van der Waals surface area (Å²) in [6, 6.07) is 31.8. The molecule has 0 aliphatic carbocycles. The molecule has 5 aromatic carbocycles. The van der Waals surface area contributed by atoms with E-state index in [9.17, 15) is 31.2 Å². The molecule has 0 unspecified atom stereocenters. The van der Waals surface area contributed by atoms with Crippen molar-refractivity contribution in [2.45, 2.75) is 25.4 Å². The fourth-order valence-corrected chi connectivity index (χ4v) is 6.29. The summed E-state index contributed by atoms with van der Waals surface area (Å²) in [6.45, 7) is 1.69. The van der Waals surface area contributed by atoms with Gasteiger partial charge < -0.3 is 15.8 Å². The average molecular weight is 764 g/mol. The minimum Gasteiger partial charge on any atom is -0.410 e. The van der Waals surface area contributed by atoms with E-state index in [4.69, 9.17) is 21.4 Å². The highest BCUT2D eigenvalue weighted by molar-refractivity contribution is 7.85. The summed E-state index contributed by atoms with van der Waals surface area (Å²) in [5.41, 5.74) is 4.69. The summed E-state index contributed by atoms with van der Waals surface area (Å²) in [5, 5.41) is 17.3. The Morgan fingerprint density at radius 2 is 1.38 bits per heavy atom. The lowest BCUT2D eigenvalue weighted by Crippen LogP contribution is -2.28. The summed E-state index contributed by atoms with van der Waals surface area (Å²) in [4.78, 5) is 26.4. The van der Waals surface area contributed by atoms with Crippen molar-refractivity contribution >= 4 is 44.9 Å². The zero-order chi connectivity index (χ0) is 38.3. The van der Waals surface area contributed by atoms with Crippen molar-refractivity contribution in [1.82, 2.24) is 5.32 Å². The Labute approximate surface area is 308 Å². The number of carbonyl (C=O) groups excluding carboxylic acids is 2. The summed E-state index contributed by atoms with van der Waals surface area (Å²) in [7, 11) is -4.23. The first-order valence-corrected chi connectivity index (χ1v) is 18.1. The number of aryl methyl sites for hydroxylation is 1. The minimum absolute atomic E-state index is 0.229. The number of rotatable bonds is 12. The van der Waals surface area contributed by atoms with Gasteiger partial charge in [0.2, 0.25) is 5.91 Å².